The second-order valence-corrected chi connectivity index (χ2v) is 5.95. The lowest BCUT2D eigenvalue weighted by Gasteiger charge is -2.29. The molecule has 2 heterocycles. The van der Waals surface area contributed by atoms with Crippen LogP contribution in [-0.4, -0.2) is 31.3 Å². The van der Waals surface area contributed by atoms with Crippen molar-refractivity contribution in [3.05, 3.63) is 17.6 Å². The minimum absolute atomic E-state index is 0.323. The van der Waals surface area contributed by atoms with Gasteiger partial charge in [-0.05, 0) is 31.4 Å². The lowest BCUT2D eigenvalue weighted by molar-refractivity contribution is 0.0216. The first-order valence-electron chi connectivity index (χ1n) is 6.70. The number of thiazole rings is 1. The van der Waals surface area contributed by atoms with Gasteiger partial charge in [-0.15, -0.1) is 11.3 Å². The Bertz CT molecular complexity index is 563. The Hall–Kier alpha value is -1.33. The molecular weight excluding hydrogens is 258 g/mol. The zero-order chi connectivity index (χ0) is 13.2. The smallest absolute Gasteiger partial charge is 0.106 e. The Balaban J connectivity index is 1.80. The van der Waals surface area contributed by atoms with Crippen molar-refractivity contribution in [1.29, 1.82) is 0 Å². The molecule has 5 heteroatoms. The largest absolute Gasteiger partial charge is 0.395 e. The minimum Gasteiger partial charge on any atom is -0.395 e. The first-order valence-corrected chi connectivity index (χ1v) is 7.58. The summed E-state index contributed by atoms with van der Waals surface area (Å²) in [5.41, 5.74) is 10.8. The van der Waals surface area contributed by atoms with Crippen LogP contribution in [0.5, 0.6) is 0 Å². The van der Waals surface area contributed by atoms with E-state index in [9.17, 15) is 0 Å². The van der Waals surface area contributed by atoms with Crippen molar-refractivity contribution in [3.8, 4) is 0 Å². The van der Waals surface area contributed by atoms with Crippen LogP contribution in [0, 0.1) is 0 Å². The maximum atomic E-state index is 6.23. The molecule has 102 valence electrons. The average Bonchev–Trinajstić information content (AvgIpc) is 2.89. The highest BCUT2D eigenvalue weighted by atomic mass is 32.1. The number of anilines is 2. The van der Waals surface area contributed by atoms with Crippen LogP contribution in [0.1, 0.15) is 19.3 Å². The van der Waals surface area contributed by atoms with Crippen LogP contribution in [-0.2, 0) is 4.74 Å². The monoisotopic (exact) mass is 277 g/mol. The number of aromatic nitrogens is 1. The van der Waals surface area contributed by atoms with Crippen LogP contribution in [0.2, 0.25) is 0 Å². The summed E-state index contributed by atoms with van der Waals surface area (Å²) in [5.74, 6) is 0. The molecular formula is C14H19N3OS. The van der Waals surface area contributed by atoms with E-state index in [0.717, 1.165) is 41.2 Å². The molecule has 2 N–H and O–H groups in total. The number of rotatable bonds is 3. The van der Waals surface area contributed by atoms with Gasteiger partial charge < -0.3 is 15.4 Å². The number of hydrogen-bond donors (Lipinski definition) is 1. The van der Waals surface area contributed by atoms with Crippen molar-refractivity contribution >= 4 is 32.9 Å². The van der Waals surface area contributed by atoms with E-state index in [1.54, 1.807) is 11.3 Å². The van der Waals surface area contributed by atoms with E-state index in [2.05, 4.69) is 29.1 Å². The standard InChI is InChI=1S/C14H19N3OS/c1-17(8-10-4-2-3-7-18-10)11-5-6-12-14(13(11)15)16-9-19-12/h5-6,9-10H,2-4,7-8,15H2,1H3. The Morgan fingerprint density at radius 2 is 2.37 bits per heavy atom. The fourth-order valence-electron chi connectivity index (χ4n) is 2.63. The van der Waals surface area contributed by atoms with Crippen LogP contribution >= 0.6 is 11.3 Å². The molecule has 1 fully saturated rings. The third kappa shape index (κ3) is 2.53. The predicted molar refractivity (Wildman–Crippen MR) is 80.9 cm³/mol. The second kappa shape index (κ2) is 5.35. The molecule has 1 aromatic heterocycles. The highest BCUT2D eigenvalue weighted by molar-refractivity contribution is 7.16. The molecule has 0 saturated carbocycles. The van der Waals surface area contributed by atoms with Gasteiger partial charge in [0.15, 0.2) is 0 Å². The summed E-state index contributed by atoms with van der Waals surface area (Å²) in [4.78, 5) is 6.53. The minimum atomic E-state index is 0.323. The second-order valence-electron chi connectivity index (χ2n) is 5.07. The molecule has 0 radical (unpaired) electrons. The van der Waals surface area contributed by atoms with Gasteiger partial charge >= 0.3 is 0 Å². The van der Waals surface area contributed by atoms with Crippen molar-refractivity contribution in [1.82, 2.24) is 4.98 Å². The zero-order valence-corrected chi connectivity index (χ0v) is 11.9. The van der Waals surface area contributed by atoms with E-state index in [-0.39, 0.29) is 0 Å². The predicted octanol–water partition coefficient (Wildman–Crippen LogP) is 2.88. The van der Waals surface area contributed by atoms with E-state index >= 15 is 0 Å². The number of nitrogens with two attached hydrogens (primary N) is 1. The fraction of sp³-hybridized carbons (Fsp3) is 0.500. The summed E-state index contributed by atoms with van der Waals surface area (Å²) in [5, 5.41) is 0. The van der Waals surface area contributed by atoms with Crippen molar-refractivity contribution in [2.75, 3.05) is 30.8 Å². The third-order valence-electron chi connectivity index (χ3n) is 3.68. The van der Waals surface area contributed by atoms with E-state index in [1.807, 2.05) is 5.51 Å². The molecule has 1 saturated heterocycles. The molecule has 1 aliphatic heterocycles. The van der Waals surface area contributed by atoms with Crippen LogP contribution in [0.3, 0.4) is 0 Å². The molecule has 1 aromatic carbocycles. The summed E-state index contributed by atoms with van der Waals surface area (Å²) in [6.07, 6.45) is 3.92. The summed E-state index contributed by atoms with van der Waals surface area (Å²) in [6, 6.07) is 4.18. The van der Waals surface area contributed by atoms with E-state index in [1.165, 1.54) is 12.8 Å². The van der Waals surface area contributed by atoms with Crippen LogP contribution < -0.4 is 10.6 Å². The average molecular weight is 277 g/mol. The summed E-state index contributed by atoms with van der Waals surface area (Å²) >= 11 is 1.62. The zero-order valence-electron chi connectivity index (χ0n) is 11.1. The molecule has 0 aliphatic carbocycles. The number of ether oxygens (including phenoxy) is 1. The van der Waals surface area contributed by atoms with E-state index in [4.69, 9.17) is 10.5 Å². The number of fused-ring (bicyclic) bond motifs is 1. The van der Waals surface area contributed by atoms with E-state index in [0.29, 0.717) is 6.10 Å². The van der Waals surface area contributed by atoms with Crippen LogP contribution in [0.25, 0.3) is 10.2 Å². The van der Waals surface area contributed by atoms with Gasteiger partial charge in [-0.25, -0.2) is 4.98 Å². The Kier molecular flexibility index (Phi) is 3.57. The van der Waals surface area contributed by atoms with Gasteiger partial charge in [0.05, 0.1) is 27.7 Å². The van der Waals surface area contributed by atoms with Crippen LogP contribution in [0.15, 0.2) is 17.6 Å². The highest BCUT2D eigenvalue weighted by Gasteiger charge is 2.18. The number of nitrogen functional groups attached to an aromatic ring is 1. The van der Waals surface area contributed by atoms with E-state index < -0.39 is 0 Å². The molecule has 0 bridgehead atoms. The van der Waals surface area contributed by atoms with Gasteiger partial charge in [-0.1, -0.05) is 0 Å². The normalized spacial score (nSPS) is 19.7. The fourth-order valence-corrected chi connectivity index (χ4v) is 3.32. The number of nitrogens with zero attached hydrogens (tertiary/aromatic N) is 2. The summed E-state index contributed by atoms with van der Waals surface area (Å²) in [6.45, 7) is 1.78. The molecule has 0 spiro atoms. The molecule has 1 unspecified atom stereocenters. The molecule has 4 nitrogen and oxygen atoms in total. The third-order valence-corrected chi connectivity index (χ3v) is 4.48. The number of benzene rings is 1. The molecule has 19 heavy (non-hydrogen) atoms. The SMILES string of the molecule is CN(CC1CCCCO1)c1ccc2scnc2c1N. The van der Waals surface area contributed by atoms with Crippen molar-refractivity contribution in [2.24, 2.45) is 0 Å². The Morgan fingerprint density at radius 1 is 1.47 bits per heavy atom. The molecule has 1 aliphatic rings. The van der Waals surface area contributed by atoms with Crippen LogP contribution in [0.4, 0.5) is 11.4 Å². The molecule has 1 atom stereocenters. The topological polar surface area (TPSA) is 51.4 Å². The van der Waals surface area contributed by atoms with Gasteiger partial charge in [0, 0.05) is 20.2 Å². The lowest BCUT2D eigenvalue weighted by Crippen LogP contribution is -2.33. The van der Waals surface area contributed by atoms with Crippen molar-refractivity contribution in [2.45, 2.75) is 25.4 Å². The van der Waals surface area contributed by atoms with Gasteiger partial charge in [-0.2, -0.15) is 0 Å². The lowest BCUT2D eigenvalue weighted by atomic mass is 10.1. The quantitative estimate of drug-likeness (QED) is 0.876. The summed E-state index contributed by atoms with van der Waals surface area (Å²) < 4.78 is 6.93. The number of hydrogen-bond acceptors (Lipinski definition) is 5. The summed E-state index contributed by atoms with van der Waals surface area (Å²) in [7, 11) is 2.07. The van der Waals surface area contributed by atoms with Gasteiger partial charge in [0.1, 0.15) is 5.52 Å². The Labute approximate surface area is 117 Å². The maximum absolute atomic E-state index is 6.23. The molecule has 0 amide bonds. The highest BCUT2D eigenvalue weighted by Crippen LogP contribution is 2.32. The van der Waals surface area contributed by atoms with Crippen molar-refractivity contribution < 1.29 is 4.74 Å². The van der Waals surface area contributed by atoms with Gasteiger partial charge in [0.2, 0.25) is 0 Å². The molecule has 2 aromatic rings. The maximum Gasteiger partial charge on any atom is 0.106 e. The van der Waals surface area contributed by atoms with Gasteiger partial charge in [0.25, 0.3) is 0 Å². The van der Waals surface area contributed by atoms with Gasteiger partial charge in [-0.3, -0.25) is 0 Å². The first kappa shape index (κ1) is 12.7. The number of likely N-dealkylation sites (N-methyl/N-ethyl adjacent to an activating group) is 1. The van der Waals surface area contributed by atoms with Crippen molar-refractivity contribution in [3.63, 3.8) is 0 Å². The first-order chi connectivity index (χ1) is 9.25. The molecule has 3 rings (SSSR count). The Morgan fingerprint density at radius 3 is 3.16 bits per heavy atom.